The largest absolute Gasteiger partial charge is 0.264 e. The van der Waals surface area contributed by atoms with Crippen molar-refractivity contribution in [2.75, 3.05) is 0 Å². The Morgan fingerprint density at radius 1 is 1.32 bits per heavy atom. The van der Waals surface area contributed by atoms with Crippen LogP contribution in [-0.2, 0) is 18.6 Å². The molecule has 7 heteroatoms. The first-order valence-corrected chi connectivity index (χ1v) is 11.6. The van der Waals surface area contributed by atoms with Crippen LogP contribution in [0.2, 0.25) is 0 Å². The molecule has 0 radical (unpaired) electrons. The number of aromatic nitrogens is 5. The van der Waals surface area contributed by atoms with Gasteiger partial charge in [0.2, 0.25) is 0 Å². The second kappa shape index (κ2) is 7.12. The van der Waals surface area contributed by atoms with Crippen LogP contribution in [0.4, 0.5) is 0 Å². The molecule has 1 atom stereocenters. The Balaban J connectivity index is 1.65. The molecule has 1 aliphatic rings. The molecule has 28 heavy (non-hydrogen) atoms. The predicted molar refractivity (Wildman–Crippen MR) is 115 cm³/mol. The number of aryl methyl sites for hydroxylation is 1. The third kappa shape index (κ3) is 3.01. The van der Waals surface area contributed by atoms with Crippen molar-refractivity contribution in [1.29, 1.82) is 0 Å². The number of thioether (sulfide) groups is 1. The Morgan fingerprint density at radius 3 is 3.00 bits per heavy atom. The van der Waals surface area contributed by atoms with Gasteiger partial charge in [0.05, 0.1) is 5.39 Å². The predicted octanol–water partition coefficient (Wildman–Crippen LogP) is 5.27. The second-order valence-corrected chi connectivity index (χ2v) is 9.97. The van der Waals surface area contributed by atoms with Gasteiger partial charge in [0.1, 0.15) is 10.7 Å². The van der Waals surface area contributed by atoms with Gasteiger partial charge in [-0.2, -0.15) is 0 Å². The first-order chi connectivity index (χ1) is 13.6. The lowest BCUT2D eigenvalue weighted by Gasteiger charge is -2.17. The quantitative estimate of drug-likeness (QED) is 0.430. The van der Waals surface area contributed by atoms with Gasteiger partial charge >= 0.3 is 0 Å². The van der Waals surface area contributed by atoms with Gasteiger partial charge in [-0.3, -0.25) is 9.38 Å². The normalized spacial score (nSPS) is 16.9. The molecule has 144 valence electrons. The molecular formula is C21H23N5S2. The maximum Gasteiger partial charge on any atom is 0.197 e. The zero-order chi connectivity index (χ0) is 19.3. The highest BCUT2D eigenvalue weighted by Gasteiger charge is 2.26. The average Bonchev–Trinajstić information content (AvgIpc) is 3.26. The van der Waals surface area contributed by atoms with Gasteiger partial charge in [0.15, 0.2) is 10.8 Å². The Labute approximate surface area is 172 Å². The molecule has 0 aliphatic heterocycles. The molecule has 0 N–H and O–H groups in total. The average molecular weight is 410 g/mol. The van der Waals surface area contributed by atoms with Crippen LogP contribution in [-0.4, -0.2) is 24.6 Å². The van der Waals surface area contributed by atoms with Crippen molar-refractivity contribution in [2.45, 2.75) is 56.9 Å². The van der Waals surface area contributed by atoms with Crippen LogP contribution in [0.15, 0.2) is 29.7 Å². The van der Waals surface area contributed by atoms with Crippen molar-refractivity contribution in [1.82, 2.24) is 24.6 Å². The monoisotopic (exact) mass is 409 g/mol. The molecule has 0 spiro atoms. The van der Waals surface area contributed by atoms with Gasteiger partial charge < -0.3 is 0 Å². The smallest absolute Gasteiger partial charge is 0.197 e. The molecule has 4 heterocycles. The highest BCUT2D eigenvalue weighted by molar-refractivity contribution is 7.98. The van der Waals surface area contributed by atoms with Crippen LogP contribution in [0.5, 0.6) is 0 Å². The maximum absolute atomic E-state index is 5.10. The number of hydrogen-bond acceptors (Lipinski definition) is 6. The molecule has 0 saturated heterocycles. The zero-order valence-electron chi connectivity index (χ0n) is 16.3. The molecule has 4 aromatic heterocycles. The number of thiophene rings is 1. The van der Waals surface area contributed by atoms with Crippen LogP contribution in [0.25, 0.3) is 15.9 Å². The van der Waals surface area contributed by atoms with Gasteiger partial charge in [-0.05, 0) is 42.4 Å². The number of fused-ring (bicyclic) bond motifs is 5. The van der Waals surface area contributed by atoms with E-state index in [-0.39, 0.29) is 0 Å². The minimum Gasteiger partial charge on any atom is -0.264 e. The van der Waals surface area contributed by atoms with Crippen molar-refractivity contribution < 1.29 is 0 Å². The summed E-state index contributed by atoms with van der Waals surface area (Å²) in [4.78, 5) is 11.9. The standard InChI is InChI=1S/C21H23N5S2/c1-12(2)18-23-20-17(15-7-6-13(3)9-16(15)28-20)19-24-25-21(26(18)19)27-11-14-5-4-8-22-10-14/h4-5,8,10,12-13H,6-7,9,11H2,1-3H3. The summed E-state index contributed by atoms with van der Waals surface area (Å²) >= 11 is 3.57. The van der Waals surface area contributed by atoms with Crippen molar-refractivity contribution in [3.8, 4) is 0 Å². The molecule has 1 aliphatic carbocycles. The van der Waals surface area contributed by atoms with Crippen LogP contribution >= 0.6 is 23.1 Å². The van der Waals surface area contributed by atoms with Crippen molar-refractivity contribution in [3.63, 3.8) is 0 Å². The lowest BCUT2D eigenvalue weighted by molar-refractivity contribution is 0.509. The molecule has 5 rings (SSSR count). The fourth-order valence-electron chi connectivity index (χ4n) is 3.95. The van der Waals surface area contributed by atoms with Gasteiger partial charge in [-0.15, -0.1) is 21.5 Å². The summed E-state index contributed by atoms with van der Waals surface area (Å²) in [5, 5.41) is 11.4. The summed E-state index contributed by atoms with van der Waals surface area (Å²) < 4.78 is 2.19. The Bertz CT molecular complexity index is 1150. The third-order valence-corrected chi connectivity index (χ3v) is 7.55. The van der Waals surface area contributed by atoms with Crippen molar-refractivity contribution in [3.05, 3.63) is 46.4 Å². The minimum atomic E-state index is 0.304. The fraction of sp³-hybridized carbons (Fsp3) is 0.429. The van der Waals surface area contributed by atoms with Crippen LogP contribution < -0.4 is 0 Å². The van der Waals surface area contributed by atoms with E-state index in [1.54, 1.807) is 18.0 Å². The SMILES string of the molecule is CC1CCc2c(sc3nc(C(C)C)n4c(SCc5cccnc5)nnc4c23)C1. The molecule has 0 bridgehead atoms. The molecule has 0 amide bonds. The first kappa shape index (κ1) is 18.1. The Hall–Kier alpha value is -1.99. The molecule has 5 nitrogen and oxygen atoms in total. The molecule has 0 saturated carbocycles. The minimum absolute atomic E-state index is 0.304. The van der Waals surface area contributed by atoms with E-state index in [0.29, 0.717) is 5.92 Å². The summed E-state index contributed by atoms with van der Waals surface area (Å²) in [6.45, 7) is 6.73. The summed E-state index contributed by atoms with van der Waals surface area (Å²) in [7, 11) is 0. The number of pyridine rings is 1. The van der Waals surface area contributed by atoms with Crippen LogP contribution in [0.3, 0.4) is 0 Å². The van der Waals surface area contributed by atoms with E-state index in [1.807, 2.05) is 23.6 Å². The van der Waals surface area contributed by atoms with E-state index in [1.165, 1.54) is 27.8 Å². The Kier molecular flexibility index (Phi) is 4.59. The zero-order valence-corrected chi connectivity index (χ0v) is 18.0. The fourth-order valence-corrected chi connectivity index (χ4v) is 6.21. The van der Waals surface area contributed by atoms with E-state index in [0.717, 1.165) is 46.0 Å². The molecule has 0 aromatic carbocycles. The number of nitrogens with zero attached hydrogens (tertiary/aromatic N) is 5. The van der Waals surface area contributed by atoms with Gasteiger partial charge in [-0.1, -0.05) is 38.6 Å². The summed E-state index contributed by atoms with van der Waals surface area (Å²) in [5.74, 6) is 2.93. The second-order valence-electron chi connectivity index (χ2n) is 7.95. The highest BCUT2D eigenvalue weighted by Crippen LogP contribution is 2.40. The number of rotatable bonds is 4. The van der Waals surface area contributed by atoms with Gasteiger partial charge in [-0.25, -0.2) is 4.98 Å². The highest BCUT2D eigenvalue weighted by atomic mass is 32.2. The van der Waals surface area contributed by atoms with Crippen molar-refractivity contribution >= 4 is 39.0 Å². The Morgan fingerprint density at radius 2 is 2.21 bits per heavy atom. The topological polar surface area (TPSA) is 56.0 Å². The first-order valence-electron chi connectivity index (χ1n) is 9.82. The summed E-state index contributed by atoms with van der Waals surface area (Å²) in [6, 6.07) is 4.07. The summed E-state index contributed by atoms with van der Waals surface area (Å²) in [5.41, 5.74) is 3.63. The molecular weight excluding hydrogens is 386 g/mol. The number of hydrogen-bond donors (Lipinski definition) is 0. The van der Waals surface area contributed by atoms with Crippen molar-refractivity contribution in [2.24, 2.45) is 5.92 Å². The molecule has 1 unspecified atom stereocenters. The van der Waals surface area contributed by atoms with Gasteiger partial charge in [0, 0.05) is 28.9 Å². The molecule has 0 fully saturated rings. The lowest BCUT2D eigenvalue weighted by atomic mass is 9.89. The van der Waals surface area contributed by atoms with E-state index < -0.39 is 0 Å². The van der Waals surface area contributed by atoms with E-state index >= 15 is 0 Å². The van der Waals surface area contributed by atoms with Gasteiger partial charge in [0.25, 0.3) is 0 Å². The third-order valence-electron chi connectivity index (χ3n) is 5.40. The van der Waals surface area contributed by atoms with Crippen LogP contribution in [0.1, 0.15) is 54.9 Å². The van der Waals surface area contributed by atoms with E-state index in [2.05, 4.69) is 46.4 Å². The lowest BCUT2D eigenvalue weighted by Crippen LogP contribution is -2.09. The summed E-state index contributed by atoms with van der Waals surface area (Å²) in [6.07, 6.45) is 7.25. The van der Waals surface area contributed by atoms with Crippen LogP contribution in [0, 0.1) is 5.92 Å². The van der Waals surface area contributed by atoms with E-state index in [4.69, 9.17) is 4.98 Å². The molecule has 4 aromatic rings. The van der Waals surface area contributed by atoms with E-state index in [9.17, 15) is 0 Å². The maximum atomic E-state index is 5.10.